The molecular weight excluding hydrogens is 182 g/mol. The van der Waals surface area contributed by atoms with E-state index in [1.807, 2.05) is 6.92 Å². The summed E-state index contributed by atoms with van der Waals surface area (Å²) in [5.74, 6) is 0.191. The number of hydrogen-bond donors (Lipinski definition) is 1. The van der Waals surface area contributed by atoms with Gasteiger partial charge < -0.3 is 5.11 Å². The van der Waals surface area contributed by atoms with Crippen LogP contribution in [0.1, 0.15) is 12.5 Å². The van der Waals surface area contributed by atoms with Crippen LogP contribution in [0.5, 0.6) is 0 Å². The van der Waals surface area contributed by atoms with Crippen LogP contribution in [0.15, 0.2) is 24.3 Å². The van der Waals surface area contributed by atoms with Gasteiger partial charge in [-0.15, -0.1) is 0 Å². The molecule has 76 valence electrons. The molecule has 4 nitrogen and oxygen atoms in total. The topological polar surface area (TPSA) is 63.4 Å². The molecule has 0 heterocycles. The van der Waals surface area contributed by atoms with Crippen molar-refractivity contribution in [3.05, 3.63) is 39.9 Å². The van der Waals surface area contributed by atoms with Crippen molar-refractivity contribution in [2.24, 2.45) is 5.92 Å². The van der Waals surface area contributed by atoms with Crippen LogP contribution in [0, 0.1) is 16.0 Å². The number of nitro benzene ring substituents is 1. The molecule has 1 atom stereocenters. The molecule has 0 amide bonds. The molecule has 0 spiro atoms. The molecule has 0 saturated carbocycles. The largest absolute Gasteiger partial charge is 0.396 e. The number of aliphatic hydroxyl groups is 1. The van der Waals surface area contributed by atoms with Gasteiger partial charge in [-0.05, 0) is 17.9 Å². The van der Waals surface area contributed by atoms with Crippen LogP contribution >= 0.6 is 0 Å². The SMILES string of the molecule is CC(CO)Cc1ccc([N+](=O)[O-])cc1. The summed E-state index contributed by atoms with van der Waals surface area (Å²) in [4.78, 5) is 9.94. The Morgan fingerprint density at radius 1 is 1.43 bits per heavy atom. The van der Waals surface area contributed by atoms with E-state index in [0.717, 1.165) is 12.0 Å². The maximum absolute atomic E-state index is 10.4. The number of aliphatic hydroxyl groups excluding tert-OH is 1. The third-order valence-corrected chi connectivity index (χ3v) is 2.04. The Balaban J connectivity index is 2.68. The highest BCUT2D eigenvalue weighted by Gasteiger charge is 2.06. The summed E-state index contributed by atoms with van der Waals surface area (Å²) in [5, 5.41) is 19.2. The standard InChI is InChI=1S/C10H13NO3/c1-8(7-12)6-9-2-4-10(5-3-9)11(13)14/h2-5,8,12H,6-7H2,1H3. The Hall–Kier alpha value is -1.42. The lowest BCUT2D eigenvalue weighted by Crippen LogP contribution is -2.04. The van der Waals surface area contributed by atoms with Gasteiger partial charge in [-0.2, -0.15) is 0 Å². The quantitative estimate of drug-likeness (QED) is 0.588. The minimum Gasteiger partial charge on any atom is -0.396 e. The van der Waals surface area contributed by atoms with Crippen LogP contribution in [-0.4, -0.2) is 16.6 Å². The van der Waals surface area contributed by atoms with E-state index in [0.29, 0.717) is 0 Å². The van der Waals surface area contributed by atoms with Crippen LogP contribution in [0.25, 0.3) is 0 Å². The Morgan fingerprint density at radius 3 is 2.43 bits per heavy atom. The van der Waals surface area contributed by atoms with Gasteiger partial charge in [0.05, 0.1) is 4.92 Å². The molecule has 0 fully saturated rings. The highest BCUT2D eigenvalue weighted by molar-refractivity contribution is 5.32. The van der Waals surface area contributed by atoms with E-state index in [1.165, 1.54) is 12.1 Å². The molecule has 1 unspecified atom stereocenters. The van der Waals surface area contributed by atoms with Crippen molar-refractivity contribution in [3.63, 3.8) is 0 Å². The normalized spacial score (nSPS) is 12.4. The Bertz CT molecular complexity index is 308. The lowest BCUT2D eigenvalue weighted by Gasteiger charge is -2.06. The first kappa shape index (κ1) is 10.7. The van der Waals surface area contributed by atoms with Crippen LogP contribution in [-0.2, 0) is 6.42 Å². The number of non-ortho nitro benzene ring substituents is 1. The minimum absolute atomic E-state index is 0.102. The first-order valence-corrected chi connectivity index (χ1v) is 4.47. The van der Waals surface area contributed by atoms with Crippen molar-refractivity contribution in [3.8, 4) is 0 Å². The zero-order valence-electron chi connectivity index (χ0n) is 8.01. The van der Waals surface area contributed by atoms with Crippen LogP contribution in [0.2, 0.25) is 0 Å². The predicted molar refractivity (Wildman–Crippen MR) is 53.1 cm³/mol. The van der Waals surface area contributed by atoms with E-state index >= 15 is 0 Å². The van der Waals surface area contributed by atoms with E-state index in [1.54, 1.807) is 12.1 Å². The fourth-order valence-corrected chi connectivity index (χ4v) is 1.22. The number of benzene rings is 1. The molecular formula is C10H13NO3. The van der Waals surface area contributed by atoms with Crippen molar-refractivity contribution >= 4 is 5.69 Å². The highest BCUT2D eigenvalue weighted by Crippen LogP contribution is 2.14. The molecule has 1 aromatic carbocycles. The summed E-state index contributed by atoms with van der Waals surface area (Å²) in [6, 6.07) is 6.42. The van der Waals surface area contributed by atoms with Gasteiger partial charge in [0.25, 0.3) is 5.69 Å². The minimum atomic E-state index is -0.417. The zero-order valence-corrected chi connectivity index (χ0v) is 8.01. The first-order valence-electron chi connectivity index (χ1n) is 4.47. The van der Waals surface area contributed by atoms with Crippen molar-refractivity contribution in [2.75, 3.05) is 6.61 Å². The van der Waals surface area contributed by atoms with E-state index in [9.17, 15) is 10.1 Å². The van der Waals surface area contributed by atoms with Crippen molar-refractivity contribution in [1.82, 2.24) is 0 Å². The van der Waals surface area contributed by atoms with E-state index in [-0.39, 0.29) is 18.2 Å². The molecule has 1 rings (SSSR count). The molecule has 14 heavy (non-hydrogen) atoms. The van der Waals surface area contributed by atoms with E-state index in [4.69, 9.17) is 5.11 Å². The van der Waals surface area contributed by atoms with Crippen LogP contribution in [0.3, 0.4) is 0 Å². The molecule has 0 aliphatic heterocycles. The van der Waals surface area contributed by atoms with Gasteiger partial charge >= 0.3 is 0 Å². The predicted octanol–water partition coefficient (Wildman–Crippen LogP) is 1.77. The summed E-state index contributed by atoms with van der Waals surface area (Å²) in [7, 11) is 0. The van der Waals surface area contributed by atoms with Crippen LogP contribution < -0.4 is 0 Å². The summed E-state index contributed by atoms with van der Waals surface area (Å²) in [6.45, 7) is 2.07. The Labute approximate surface area is 82.3 Å². The molecule has 0 saturated heterocycles. The molecule has 0 aromatic heterocycles. The number of nitrogens with zero attached hydrogens (tertiary/aromatic N) is 1. The van der Waals surface area contributed by atoms with E-state index in [2.05, 4.69) is 0 Å². The lowest BCUT2D eigenvalue weighted by molar-refractivity contribution is -0.384. The number of nitro groups is 1. The molecule has 4 heteroatoms. The maximum atomic E-state index is 10.4. The second-order valence-electron chi connectivity index (χ2n) is 3.42. The number of rotatable bonds is 4. The summed E-state index contributed by atoms with van der Waals surface area (Å²) in [6.07, 6.45) is 0.745. The maximum Gasteiger partial charge on any atom is 0.269 e. The van der Waals surface area contributed by atoms with Crippen molar-refractivity contribution in [2.45, 2.75) is 13.3 Å². The van der Waals surface area contributed by atoms with Gasteiger partial charge in [0.1, 0.15) is 0 Å². The first-order chi connectivity index (χ1) is 6.63. The summed E-state index contributed by atoms with van der Waals surface area (Å²) < 4.78 is 0. The second kappa shape index (κ2) is 4.72. The van der Waals surface area contributed by atoms with E-state index < -0.39 is 4.92 Å². The van der Waals surface area contributed by atoms with Gasteiger partial charge in [-0.3, -0.25) is 10.1 Å². The second-order valence-corrected chi connectivity index (χ2v) is 3.42. The fourth-order valence-electron chi connectivity index (χ4n) is 1.22. The molecule has 0 radical (unpaired) electrons. The van der Waals surface area contributed by atoms with Crippen molar-refractivity contribution < 1.29 is 10.0 Å². The molecule has 1 aromatic rings. The summed E-state index contributed by atoms with van der Waals surface area (Å²) in [5.41, 5.74) is 1.11. The summed E-state index contributed by atoms with van der Waals surface area (Å²) >= 11 is 0. The van der Waals surface area contributed by atoms with Gasteiger partial charge in [-0.1, -0.05) is 19.1 Å². The average Bonchev–Trinajstić information content (AvgIpc) is 2.18. The van der Waals surface area contributed by atoms with Gasteiger partial charge in [0.2, 0.25) is 0 Å². The highest BCUT2D eigenvalue weighted by atomic mass is 16.6. The van der Waals surface area contributed by atoms with Crippen LogP contribution in [0.4, 0.5) is 5.69 Å². The van der Waals surface area contributed by atoms with Crippen molar-refractivity contribution in [1.29, 1.82) is 0 Å². The average molecular weight is 195 g/mol. The monoisotopic (exact) mass is 195 g/mol. The third-order valence-electron chi connectivity index (χ3n) is 2.04. The molecule has 0 bridgehead atoms. The molecule has 0 aliphatic rings. The lowest BCUT2D eigenvalue weighted by atomic mass is 10.0. The molecule has 0 aliphatic carbocycles. The van der Waals surface area contributed by atoms with Gasteiger partial charge in [0.15, 0.2) is 0 Å². The third kappa shape index (κ3) is 2.81. The Morgan fingerprint density at radius 2 is 2.00 bits per heavy atom. The van der Waals surface area contributed by atoms with Gasteiger partial charge in [-0.25, -0.2) is 0 Å². The fraction of sp³-hybridized carbons (Fsp3) is 0.400. The molecule has 1 N–H and O–H groups in total. The smallest absolute Gasteiger partial charge is 0.269 e. The van der Waals surface area contributed by atoms with Gasteiger partial charge in [0, 0.05) is 18.7 Å². The number of hydrogen-bond acceptors (Lipinski definition) is 3. The zero-order chi connectivity index (χ0) is 10.6. The Kier molecular flexibility index (Phi) is 3.59.